The molecule has 1 amide bonds. The Morgan fingerprint density at radius 3 is 2.67 bits per heavy atom. The number of nitrogens with zero attached hydrogens (tertiary/aromatic N) is 1. The zero-order valence-corrected chi connectivity index (χ0v) is 17.7. The molecular formula is C24H26ClNO4. The smallest absolute Gasteiger partial charge is 0.233 e. The Bertz CT molecular complexity index is 925. The molecule has 158 valence electrons. The number of fused-ring (bicyclic) bond motifs is 1. The van der Waals surface area contributed by atoms with Gasteiger partial charge in [-0.1, -0.05) is 30.2 Å². The van der Waals surface area contributed by atoms with E-state index >= 15 is 0 Å². The number of ether oxygens (including phenoxy) is 3. The number of rotatable bonds is 5. The van der Waals surface area contributed by atoms with Crippen LogP contribution in [0.5, 0.6) is 17.2 Å². The standard InChI is InChI=1S/C24H26ClNO4/c25-19-6-4-18(5-7-19)24(10-2-11-24)23(27)26-12-1-3-17(14-26)15-28-20-8-9-21-22(13-20)30-16-29-21/h4-9,13,17H,1-3,10-12,14-16H2. The van der Waals surface area contributed by atoms with E-state index in [1.807, 2.05) is 42.5 Å². The van der Waals surface area contributed by atoms with Crippen LogP contribution < -0.4 is 14.2 Å². The maximum absolute atomic E-state index is 13.6. The SMILES string of the molecule is O=C(N1CCCC(COc2ccc3c(c2)OCO3)C1)C1(c2ccc(Cl)cc2)CCC1. The molecule has 2 aliphatic heterocycles. The minimum atomic E-state index is -0.370. The predicted molar refractivity (Wildman–Crippen MR) is 114 cm³/mol. The summed E-state index contributed by atoms with van der Waals surface area (Å²) in [4.78, 5) is 15.6. The first-order chi connectivity index (χ1) is 14.6. The van der Waals surface area contributed by atoms with E-state index in [-0.39, 0.29) is 18.1 Å². The van der Waals surface area contributed by atoms with Gasteiger partial charge in [0.15, 0.2) is 11.5 Å². The van der Waals surface area contributed by atoms with Crippen molar-refractivity contribution in [2.45, 2.75) is 37.5 Å². The van der Waals surface area contributed by atoms with Gasteiger partial charge in [0.2, 0.25) is 12.7 Å². The summed E-state index contributed by atoms with van der Waals surface area (Å²) in [6.45, 7) is 2.43. The summed E-state index contributed by atoms with van der Waals surface area (Å²) in [5.74, 6) is 2.85. The molecular weight excluding hydrogens is 402 g/mol. The highest BCUT2D eigenvalue weighted by atomic mass is 35.5. The number of likely N-dealkylation sites (tertiary alicyclic amines) is 1. The van der Waals surface area contributed by atoms with Gasteiger partial charge in [-0.2, -0.15) is 0 Å². The zero-order chi connectivity index (χ0) is 20.6. The molecule has 3 aliphatic rings. The second kappa shape index (κ2) is 8.03. The van der Waals surface area contributed by atoms with Gasteiger partial charge < -0.3 is 19.1 Å². The normalized spacial score (nSPS) is 21.8. The molecule has 5 rings (SSSR count). The van der Waals surface area contributed by atoms with E-state index in [2.05, 4.69) is 4.90 Å². The first-order valence-corrected chi connectivity index (χ1v) is 11.1. The molecule has 2 heterocycles. The van der Waals surface area contributed by atoms with Crippen LogP contribution in [0.1, 0.15) is 37.7 Å². The largest absolute Gasteiger partial charge is 0.493 e. The summed E-state index contributed by atoms with van der Waals surface area (Å²) in [7, 11) is 0. The molecule has 6 heteroatoms. The summed E-state index contributed by atoms with van der Waals surface area (Å²) in [6, 6.07) is 13.5. The lowest BCUT2D eigenvalue weighted by atomic mass is 9.63. The number of halogens is 1. The molecule has 0 N–H and O–H groups in total. The Hall–Kier alpha value is -2.40. The molecule has 0 spiro atoms. The van der Waals surface area contributed by atoms with Crippen molar-refractivity contribution in [2.24, 2.45) is 5.92 Å². The van der Waals surface area contributed by atoms with Crippen LogP contribution in [0.25, 0.3) is 0 Å². The van der Waals surface area contributed by atoms with E-state index in [9.17, 15) is 4.79 Å². The first kappa shape index (κ1) is 19.6. The van der Waals surface area contributed by atoms with E-state index in [1.54, 1.807) is 0 Å². The second-order valence-corrected chi connectivity index (χ2v) is 8.96. The fraction of sp³-hybridized carbons (Fsp3) is 0.458. The van der Waals surface area contributed by atoms with Crippen molar-refractivity contribution in [1.82, 2.24) is 4.90 Å². The van der Waals surface area contributed by atoms with Crippen LogP contribution in [0.4, 0.5) is 0 Å². The zero-order valence-electron chi connectivity index (χ0n) is 16.9. The highest BCUT2D eigenvalue weighted by Crippen LogP contribution is 2.46. The van der Waals surface area contributed by atoms with Crippen molar-refractivity contribution < 1.29 is 19.0 Å². The molecule has 1 unspecified atom stereocenters. The fourth-order valence-corrected chi connectivity index (χ4v) is 4.92. The molecule has 5 nitrogen and oxygen atoms in total. The van der Waals surface area contributed by atoms with Gasteiger partial charge >= 0.3 is 0 Å². The van der Waals surface area contributed by atoms with E-state index in [0.717, 1.165) is 68.0 Å². The Morgan fingerprint density at radius 2 is 1.90 bits per heavy atom. The van der Waals surface area contributed by atoms with Crippen LogP contribution in [-0.4, -0.2) is 37.3 Å². The summed E-state index contributed by atoms with van der Waals surface area (Å²) in [6.07, 6.45) is 5.02. The van der Waals surface area contributed by atoms with E-state index in [4.69, 9.17) is 25.8 Å². The first-order valence-electron chi connectivity index (χ1n) is 10.7. The molecule has 0 radical (unpaired) electrons. The van der Waals surface area contributed by atoms with Gasteiger partial charge in [-0.25, -0.2) is 0 Å². The minimum absolute atomic E-state index is 0.258. The molecule has 1 atom stereocenters. The molecule has 2 aromatic carbocycles. The van der Waals surface area contributed by atoms with Crippen LogP contribution in [0, 0.1) is 5.92 Å². The summed E-state index contributed by atoms with van der Waals surface area (Å²) in [5.41, 5.74) is 0.729. The Kier molecular flexibility index (Phi) is 5.23. The molecule has 1 saturated carbocycles. The quantitative estimate of drug-likeness (QED) is 0.687. The summed E-state index contributed by atoms with van der Waals surface area (Å²) < 4.78 is 16.8. The maximum atomic E-state index is 13.6. The average molecular weight is 428 g/mol. The third kappa shape index (κ3) is 3.60. The van der Waals surface area contributed by atoms with Crippen LogP contribution in [-0.2, 0) is 10.2 Å². The monoisotopic (exact) mass is 427 g/mol. The summed E-state index contributed by atoms with van der Waals surface area (Å²) in [5, 5.41) is 0.708. The molecule has 0 bridgehead atoms. The number of piperidine rings is 1. The van der Waals surface area contributed by atoms with Gasteiger partial charge in [0.1, 0.15) is 5.75 Å². The average Bonchev–Trinajstić information content (AvgIpc) is 3.21. The minimum Gasteiger partial charge on any atom is -0.493 e. The lowest BCUT2D eigenvalue weighted by molar-refractivity contribution is -0.143. The molecule has 1 saturated heterocycles. The summed E-state index contributed by atoms with van der Waals surface area (Å²) >= 11 is 6.06. The van der Waals surface area contributed by atoms with Gasteiger partial charge in [0, 0.05) is 30.1 Å². The van der Waals surface area contributed by atoms with Crippen molar-refractivity contribution >= 4 is 17.5 Å². The highest BCUT2D eigenvalue weighted by Gasteiger charge is 2.48. The predicted octanol–water partition coefficient (Wildman–Crippen LogP) is 4.81. The molecule has 1 aliphatic carbocycles. The number of carbonyl (C=O) groups excluding carboxylic acids is 1. The van der Waals surface area contributed by atoms with Crippen molar-refractivity contribution in [3.05, 3.63) is 53.1 Å². The van der Waals surface area contributed by atoms with Gasteiger partial charge in [-0.05, 0) is 55.5 Å². The number of carbonyl (C=O) groups is 1. The second-order valence-electron chi connectivity index (χ2n) is 8.53. The third-order valence-corrected chi connectivity index (χ3v) is 6.90. The van der Waals surface area contributed by atoms with E-state index in [0.29, 0.717) is 17.5 Å². The van der Waals surface area contributed by atoms with Crippen molar-refractivity contribution in [3.63, 3.8) is 0 Å². The number of amides is 1. The number of hydrogen-bond donors (Lipinski definition) is 0. The Labute approximate surface area is 181 Å². The lowest BCUT2D eigenvalue weighted by Gasteiger charge is -2.46. The number of hydrogen-bond acceptors (Lipinski definition) is 4. The van der Waals surface area contributed by atoms with Crippen molar-refractivity contribution in [3.8, 4) is 17.2 Å². The van der Waals surface area contributed by atoms with Crippen LogP contribution in [0.3, 0.4) is 0 Å². The fourth-order valence-electron chi connectivity index (χ4n) is 4.79. The van der Waals surface area contributed by atoms with Crippen LogP contribution in [0.2, 0.25) is 5.02 Å². The Balaban J connectivity index is 1.23. The molecule has 30 heavy (non-hydrogen) atoms. The van der Waals surface area contributed by atoms with Crippen LogP contribution >= 0.6 is 11.6 Å². The van der Waals surface area contributed by atoms with E-state index in [1.165, 1.54) is 0 Å². The molecule has 2 fully saturated rings. The van der Waals surface area contributed by atoms with Crippen molar-refractivity contribution in [2.75, 3.05) is 26.5 Å². The topological polar surface area (TPSA) is 48.0 Å². The van der Waals surface area contributed by atoms with Gasteiger partial charge in [0.25, 0.3) is 0 Å². The van der Waals surface area contributed by atoms with Gasteiger partial charge in [-0.15, -0.1) is 0 Å². The highest BCUT2D eigenvalue weighted by molar-refractivity contribution is 6.30. The van der Waals surface area contributed by atoms with E-state index < -0.39 is 0 Å². The van der Waals surface area contributed by atoms with Gasteiger partial charge in [-0.3, -0.25) is 4.79 Å². The third-order valence-electron chi connectivity index (χ3n) is 6.65. The molecule has 2 aromatic rings. The molecule has 0 aromatic heterocycles. The van der Waals surface area contributed by atoms with Crippen LogP contribution in [0.15, 0.2) is 42.5 Å². The maximum Gasteiger partial charge on any atom is 0.233 e. The Morgan fingerprint density at radius 1 is 1.10 bits per heavy atom. The number of benzene rings is 2. The lowest BCUT2D eigenvalue weighted by Crippen LogP contribution is -2.54. The van der Waals surface area contributed by atoms with Gasteiger partial charge in [0.05, 0.1) is 12.0 Å². The van der Waals surface area contributed by atoms with Crippen molar-refractivity contribution in [1.29, 1.82) is 0 Å².